The Labute approximate surface area is 121 Å². The highest BCUT2D eigenvalue weighted by molar-refractivity contribution is 5.88. The van der Waals surface area contributed by atoms with Gasteiger partial charge < -0.3 is 16.2 Å². The maximum atomic E-state index is 12.6. The van der Waals surface area contributed by atoms with Crippen LogP contribution in [0.3, 0.4) is 0 Å². The van der Waals surface area contributed by atoms with Crippen molar-refractivity contribution < 1.29 is 9.90 Å². The van der Waals surface area contributed by atoms with Gasteiger partial charge in [-0.3, -0.25) is 4.79 Å². The number of aliphatic hydroxyl groups is 1. The molecule has 0 saturated carbocycles. The van der Waals surface area contributed by atoms with E-state index in [1.54, 1.807) is 26.0 Å². The van der Waals surface area contributed by atoms with Crippen LogP contribution in [0.2, 0.25) is 0 Å². The van der Waals surface area contributed by atoms with Crippen molar-refractivity contribution in [3.63, 3.8) is 0 Å². The molecule has 0 aliphatic heterocycles. The van der Waals surface area contributed by atoms with Gasteiger partial charge in [0.25, 0.3) is 0 Å². The molecule has 112 valence electrons. The third-order valence-corrected chi connectivity index (χ3v) is 4.16. The van der Waals surface area contributed by atoms with Crippen LogP contribution in [0, 0.1) is 0 Å². The number of hydrogen-bond donors (Lipinski definition) is 3. The van der Waals surface area contributed by atoms with Gasteiger partial charge in [-0.15, -0.1) is 0 Å². The zero-order valence-electron chi connectivity index (χ0n) is 13.2. The van der Waals surface area contributed by atoms with Gasteiger partial charge in [0.15, 0.2) is 0 Å². The first-order chi connectivity index (χ1) is 8.88. The fourth-order valence-corrected chi connectivity index (χ4v) is 1.62. The summed E-state index contributed by atoms with van der Waals surface area (Å²) in [4.78, 5) is 12.6. The van der Waals surface area contributed by atoms with Gasteiger partial charge in [-0.05, 0) is 59.2 Å². The Hall–Kier alpha value is -1.55. The Morgan fingerprint density at radius 3 is 1.90 bits per heavy atom. The highest BCUT2D eigenvalue weighted by Gasteiger charge is 2.40. The molecule has 0 spiro atoms. The molecule has 0 fully saturated rings. The molecule has 0 bridgehead atoms. The second kappa shape index (κ2) is 5.09. The lowest BCUT2D eigenvalue weighted by atomic mass is 9.80. The van der Waals surface area contributed by atoms with Gasteiger partial charge in [0.05, 0.1) is 16.6 Å². The van der Waals surface area contributed by atoms with E-state index in [9.17, 15) is 9.90 Å². The van der Waals surface area contributed by atoms with Crippen molar-refractivity contribution in [3.05, 3.63) is 29.8 Å². The van der Waals surface area contributed by atoms with Gasteiger partial charge in [-0.1, -0.05) is 12.1 Å². The topological polar surface area (TPSA) is 75.3 Å². The van der Waals surface area contributed by atoms with Crippen LogP contribution in [0.5, 0.6) is 0 Å². The number of anilines is 1. The first-order valence-electron chi connectivity index (χ1n) is 6.79. The molecule has 0 radical (unpaired) electrons. The molecule has 0 atom stereocenters. The van der Waals surface area contributed by atoms with Crippen molar-refractivity contribution >= 4 is 11.6 Å². The van der Waals surface area contributed by atoms with E-state index in [2.05, 4.69) is 5.32 Å². The van der Waals surface area contributed by atoms with E-state index in [-0.39, 0.29) is 5.91 Å². The zero-order valence-corrected chi connectivity index (χ0v) is 13.2. The van der Waals surface area contributed by atoms with Crippen molar-refractivity contribution in [1.82, 2.24) is 5.32 Å². The van der Waals surface area contributed by atoms with E-state index in [0.717, 1.165) is 5.56 Å². The molecule has 1 aromatic rings. The smallest absolute Gasteiger partial charge is 0.230 e. The van der Waals surface area contributed by atoms with Crippen molar-refractivity contribution in [2.45, 2.75) is 58.1 Å². The van der Waals surface area contributed by atoms with Crippen LogP contribution in [0.15, 0.2) is 24.3 Å². The molecular weight excluding hydrogens is 252 g/mol. The van der Waals surface area contributed by atoms with Crippen molar-refractivity contribution in [2.75, 3.05) is 5.73 Å². The third-order valence-electron chi connectivity index (χ3n) is 4.16. The molecule has 1 rings (SSSR count). The van der Waals surface area contributed by atoms with E-state index in [1.807, 2.05) is 39.8 Å². The number of hydrogen-bond acceptors (Lipinski definition) is 3. The minimum atomic E-state index is -1.01. The van der Waals surface area contributed by atoms with Crippen LogP contribution in [0.25, 0.3) is 0 Å². The van der Waals surface area contributed by atoms with Gasteiger partial charge in [0, 0.05) is 5.69 Å². The number of nitrogen functional groups attached to an aromatic ring is 1. The number of benzene rings is 1. The number of amides is 1. The first kappa shape index (κ1) is 16.5. The molecule has 1 aromatic carbocycles. The van der Waals surface area contributed by atoms with Crippen molar-refractivity contribution in [3.8, 4) is 0 Å². The van der Waals surface area contributed by atoms with Crippen LogP contribution in [-0.4, -0.2) is 22.2 Å². The molecule has 0 aromatic heterocycles. The number of carbonyl (C=O) groups excluding carboxylic acids is 1. The van der Waals surface area contributed by atoms with E-state index >= 15 is 0 Å². The highest BCUT2D eigenvalue weighted by atomic mass is 16.3. The summed E-state index contributed by atoms with van der Waals surface area (Å²) in [5.74, 6) is -0.130. The fourth-order valence-electron chi connectivity index (χ4n) is 1.62. The van der Waals surface area contributed by atoms with Gasteiger partial charge in [-0.2, -0.15) is 0 Å². The van der Waals surface area contributed by atoms with E-state index in [4.69, 9.17) is 5.73 Å². The molecule has 0 aliphatic rings. The fraction of sp³-hybridized carbons (Fsp3) is 0.562. The molecule has 0 saturated heterocycles. The van der Waals surface area contributed by atoms with Crippen LogP contribution in [0.4, 0.5) is 5.69 Å². The Kier molecular flexibility index (Phi) is 4.20. The minimum Gasteiger partial charge on any atom is -0.399 e. The summed E-state index contributed by atoms with van der Waals surface area (Å²) in [7, 11) is 0. The third kappa shape index (κ3) is 3.31. The van der Waals surface area contributed by atoms with E-state index in [1.165, 1.54) is 0 Å². The quantitative estimate of drug-likeness (QED) is 0.739. The summed E-state index contributed by atoms with van der Waals surface area (Å²) in [6, 6.07) is 7.27. The Bertz CT molecular complexity index is 482. The van der Waals surface area contributed by atoms with Gasteiger partial charge >= 0.3 is 0 Å². The normalized spacial score (nSPS) is 13.2. The molecule has 0 unspecified atom stereocenters. The van der Waals surface area contributed by atoms with Crippen LogP contribution in [0.1, 0.15) is 47.1 Å². The lowest BCUT2D eigenvalue weighted by Gasteiger charge is -2.40. The maximum Gasteiger partial charge on any atom is 0.230 e. The summed E-state index contributed by atoms with van der Waals surface area (Å²) in [5, 5.41) is 13.1. The molecular formula is C16H26N2O2. The Morgan fingerprint density at radius 1 is 1.05 bits per heavy atom. The van der Waals surface area contributed by atoms with Crippen molar-refractivity contribution in [1.29, 1.82) is 0 Å². The van der Waals surface area contributed by atoms with Gasteiger partial charge in [-0.25, -0.2) is 0 Å². The highest BCUT2D eigenvalue weighted by Crippen LogP contribution is 2.27. The summed E-state index contributed by atoms with van der Waals surface area (Å²) < 4.78 is 0. The molecule has 4 nitrogen and oxygen atoms in total. The van der Waals surface area contributed by atoms with Gasteiger partial charge in [0.2, 0.25) is 5.91 Å². The molecule has 4 heteroatoms. The second-order valence-corrected chi connectivity index (χ2v) is 6.89. The summed E-state index contributed by atoms with van der Waals surface area (Å²) in [5.41, 5.74) is 4.79. The molecule has 4 N–H and O–H groups in total. The number of nitrogens with one attached hydrogen (secondary N) is 1. The summed E-state index contributed by atoms with van der Waals surface area (Å²) in [6.45, 7) is 10.7. The number of rotatable bonds is 4. The van der Waals surface area contributed by atoms with Crippen LogP contribution >= 0.6 is 0 Å². The molecule has 0 heterocycles. The van der Waals surface area contributed by atoms with Crippen LogP contribution < -0.4 is 11.1 Å². The number of carbonyl (C=O) groups is 1. The second-order valence-electron chi connectivity index (χ2n) is 6.89. The largest absolute Gasteiger partial charge is 0.399 e. The Morgan fingerprint density at radius 2 is 1.50 bits per heavy atom. The van der Waals surface area contributed by atoms with Gasteiger partial charge in [0.1, 0.15) is 0 Å². The standard InChI is InChI=1S/C16H26N2O2/c1-14(2,11-7-9-12(17)10-8-11)13(19)18-15(3,4)16(5,6)20/h7-10,20H,17H2,1-6H3,(H,18,19). The summed E-state index contributed by atoms with van der Waals surface area (Å²) in [6.07, 6.45) is 0. The zero-order chi connectivity index (χ0) is 15.8. The SMILES string of the molecule is CC(C)(C(=O)NC(C)(C)C(C)(C)O)c1ccc(N)cc1. The predicted molar refractivity (Wildman–Crippen MR) is 82.4 cm³/mol. The predicted octanol–water partition coefficient (Wildman–Crippen LogP) is 2.21. The lowest BCUT2D eigenvalue weighted by Crippen LogP contribution is -2.60. The average molecular weight is 278 g/mol. The molecule has 20 heavy (non-hydrogen) atoms. The van der Waals surface area contributed by atoms with E-state index < -0.39 is 16.6 Å². The summed E-state index contributed by atoms with van der Waals surface area (Å²) >= 11 is 0. The van der Waals surface area contributed by atoms with E-state index in [0.29, 0.717) is 5.69 Å². The number of nitrogens with two attached hydrogens (primary N) is 1. The van der Waals surface area contributed by atoms with Crippen molar-refractivity contribution in [2.24, 2.45) is 0 Å². The molecule has 1 amide bonds. The Balaban J connectivity index is 2.99. The maximum absolute atomic E-state index is 12.6. The first-order valence-corrected chi connectivity index (χ1v) is 6.79. The van der Waals surface area contributed by atoms with Crippen LogP contribution in [-0.2, 0) is 10.2 Å². The minimum absolute atomic E-state index is 0.130. The monoisotopic (exact) mass is 278 g/mol. The lowest BCUT2D eigenvalue weighted by molar-refractivity contribution is -0.130. The average Bonchev–Trinajstić information content (AvgIpc) is 2.27. The molecule has 0 aliphatic carbocycles.